The highest BCUT2D eigenvalue weighted by Gasteiger charge is 2.33. The van der Waals surface area contributed by atoms with Gasteiger partial charge < -0.3 is 10.2 Å². The van der Waals surface area contributed by atoms with Gasteiger partial charge in [0.1, 0.15) is 6.54 Å². The van der Waals surface area contributed by atoms with Gasteiger partial charge in [0.15, 0.2) is 0 Å². The predicted molar refractivity (Wildman–Crippen MR) is 107 cm³/mol. The van der Waals surface area contributed by atoms with Crippen LogP contribution in [0, 0.1) is 0 Å². The molecule has 1 amide bonds. The number of likely N-dealkylation sites (tertiary alicyclic amines) is 1. The molecule has 0 saturated carbocycles. The van der Waals surface area contributed by atoms with E-state index in [0.29, 0.717) is 23.3 Å². The molecule has 0 radical (unpaired) electrons. The molecule has 11 heteroatoms. The number of piperidine rings is 1. The van der Waals surface area contributed by atoms with Crippen LogP contribution in [0.25, 0.3) is 0 Å². The molecule has 0 aromatic heterocycles. The molecule has 0 atom stereocenters. The Labute approximate surface area is 174 Å². The third-order valence-electron chi connectivity index (χ3n) is 4.65. The van der Waals surface area contributed by atoms with Gasteiger partial charge in [0.2, 0.25) is 15.9 Å². The summed E-state index contributed by atoms with van der Waals surface area (Å²) in [5.41, 5.74) is -1.43. The summed E-state index contributed by atoms with van der Waals surface area (Å²) in [6.45, 7) is 2.59. The number of anilines is 1. The summed E-state index contributed by atoms with van der Waals surface area (Å²) in [4.78, 5) is 14.5. The quantitative estimate of drug-likeness (QED) is 0.611. The highest BCUT2D eigenvalue weighted by atomic mass is 35.5. The van der Waals surface area contributed by atoms with E-state index in [1.807, 2.05) is 0 Å². The molecule has 1 fully saturated rings. The fraction of sp³-hybridized carbons (Fsp3) is 0.611. The lowest BCUT2D eigenvalue weighted by Crippen LogP contribution is -2.41. The van der Waals surface area contributed by atoms with Crippen molar-refractivity contribution in [2.75, 3.05) is 43.3 Å². The van der Waals surface area contributed by atoms with E-state index in [9.17, 15) is 26.4 Å². The van der Waals surface area contributed by atoms with E-state index in [2.05, 4.69) is 10.2 Å². The van der Waals surface area contributed by atoms with E-state index in [1.165, 1.54) is 6.42 Å². The molecule has 0 unspecified atom stereocenters. The van der Waals surface area contributed by atoms with Gasteiger partial charge in [-0.15, -0.1) is 0 Å². The van der Waals surface area contributed by atoms with E-state index in [4.69, 9.17) is 11.6 Å². The largest absolute Gasteiger partial charge is 0.416 e. The summed E-state index contributed by atoms with van der Waals surface area (Å²) in [7, 11) is -4.03. The van der Waals surface area contributed by atoms with E-state index in [-0.39, 0.29) is 10.7 Å². The molecule has 1 aromatic rings. The first kappa shape index (κ1) is 23.8. The molecule has 1 aliphatic heterocycles. The van der Waals surface area contributed by atoms with Crippen molar-refractivity contribution in [1.82, 2.24) is 10.2 Å². The molecule has 1 aliphatic rings. The Bertz CT molecular complexity index is 812. The fourth-order valence-corrected chi connectivity index (χ4v) is 4.29. The molecule has 0 spiro atoms. The number of carbonyl (C=O) groups is 1. The maximum absolute atomic E-state index is 13.0. The monoisotopic (exact) mass is 455 g/mol. The van der Waals surface area contributed by atoms with Gasteiger partial charge in [-0.3, -0.25) is 9.10 Å². The second kappa shape index (κ2) is 9.99. The first-order chi connectivity index (χ1) is 13.5. The number of sulfonamides is 1. The Balaban J connectivity index is 2.01. The first-order valence-electron chi connectivity index (χ1n) is 9.32. The number of amides is 1. The van der Waals surface area contributed by atoms with Crippen LogP contribution < -0.4 is 9.62 Å². The van der Waals surface area contributed by atoms with Crippen LogP contribution in [0.1, 0.15) is 31.2 Å². The highest BCUT2D eigenvalue weighted by molar-refractivity contribution is 7.92. The number of hydrogen-bond acceptors (Lipinski definition) is 4. The summed E-state index contributed by atoms with van der Waals surface area (Å²) >= 11 is 5.93. The minimum atomic E-state index is -4.67. The Morgan fingerprint density at radius 2 is 1.90 bits per heavy atom. The van der Waals surface area contributed by atoms with Gasteiger partial charge in [-0.05, 0) is 57.1 Å². The molecule has 6 nitrogen and oxygen atoms in total. The maximum atomic E-state index is 13.0. The summed E-state index contributed by atoms with van der Waals surface area (Å²) in [5, 5.41) is 2.43. The van der Waals surface area contributed by atoms with Crippen molar-refractivity contribution in [3.63, 3.8) is 0 Å². The van der Waals surface area contributed by atoms with Gasteiger partial charge in [-0.25, -0.2) is 8.42 Å². The highest BCUT2D eigenvalue weighted by Crippen LogP contribution is 2.36. The second-order valence-electron chi connectivity index (χ2n) is 7.04. The summed E-state index contributed by atoms with van der Waals surface area (Å²) in [5.74, 6) is -0.609. The number of rotatable bonds is 8. The summed E-state index contributed by atoms with van der Waals surface area (Å²) in [6, 6.07) is 2.36. The van der Waals surface area contributed by atoms with Crippen LogP contribution in [-0.2, 0) is 21.0 Å². The van der Waals surface area contributed by atoms with Crippen molar-refractivity contribution in [3.05, 3.63) is 28.8 Å². The van der Waals surface area contributed by atoms with Gasteiger partial charge in [0.25, 0.3) is 0 Å². The van der Waals surface area contributed by atoms with Crippen molar-refractivity contribution >= 4 is 33.2 Å². The van der Waals surface area contributed by atoms with Crippen LogP contribution in [0.3, 0.4) is 0 Å². The second-order valence-corrected chi connectivity index (χ2v) is 9.35. The average molecular weight is 456 g/mol. The molecule has 29 heavy (non-hydrogen) atoms. The van der Waals surface area contributed by atoms with Crippen LogP contribution in [0.5, 0.6) is 0 Å². The van der Waals surface area contributed by atoms with Gasteiger partial charge >= 0.3 is 6.18 Å². The van der Waals surface area contributed by atoms with Gasteiger partial charge in [0.05, 0.1) is 22.5 Å². The zero-order valence-corrected chi connectivity index (χ0v) is 17.7. The molecule has 1 N–H and O–H groups in total. The standard InChI is InChI=1S/C18H25ClF3N3O3S/c1-29(27,28)25(16-12-14(18(20,21)22)6-7-15(16)19)13-17(26)23-8-5-11-24-9-3-2-4-10-24/h6-7,12H,2-5,8-11,13H2,1H3,(H,23,26). The predicted octanol–water partition coefficient (Wildman–Crippen LogP) is 3.12. The number of nitrogens with zero attached hydrogens (tertiary/aromatic N) is 2. The minimum absolute atomic E-state index is 0.193. The third-order valence-corrected chi connectivity index (χ3v) is 6.10. The Morgan fingerprint density at radius 1 is 1.24 bits per heavy atom. The van der Waals surface area contributed by atoms with Crippen molar-refractivity contribution in [1.29, 1.82) is 0 Å². The number of hydrogen-bond donors (Lipinski definition) is 1. The van der Waals surface area contributed by atoms with Crippen molar-refractivity contribution < 1.29 is 26.4 Å². The lowest BCUT2D eigenvalue weighted by molar-refractivity contribution is -0.137. The van der Waals surface area contributed by atoms with Crippen LogP contribution in [0.15, 0.2) is 18.2 Å². The molecule has 0 bridgehead atoms. The van der Waals surface area contributed by atoms with E-state index < -0.39 is 34.2 Å². The molecule has 0 aliphatic carbocycles. The van der Waals surface area contributed by atoms with E-state index in [0.717, 1.165) is 50.9 Å². The minimum Gasteiger partial charge on any atom is -0.354 e. The van der Waals surface area contributed by atoms with E-state index >= 15 is 0 Å². The molecule has 164 valence electrons. The van der Waals surface area contributed by atoms with E-state index in [1.54, 1.807) is 0 Å². The number of benzene rings is 1. The number of halogens is 4. The molecule has 1 aromatic carbocycles. The van der Waals surface area contributed by atoms with Gasteiger partial charge in [-0.2, -0.15) is 13.2 Å². The van der Waals surface area contributed by atoms with Crippen LogP contribution >= 0.6 is 11.6 Å². The third kappa shape index (κ3) is 7.35. The molecule has 1 saturated heterocycles. The van der Waals surface area contributed by atoms with Crippen LogP contribution in [0.2, 0.25) is 5.02 Å². The number of nitrogens with one attached hydrogen (secondary N) is 1. The van der Waals surface area contributed by atoms with Crippen LogP contribution in [-0.4, -0.2) is 58.2 Å². The SMILES string of the molecule is CS(=O)(=O)N(CC(=O)NCCCN1CCCCC1)c1cc(C(F)(F)F)ccc1Cl. The van der Waals surface area contributed by atoms with Crippen molar-refractivity contribution in [2.24, 2.45) is 0 Å². The lowest BCUT2D eigenvalue weighted by Gasteiger charge is -2.26. The maximum Gasteiger partial charge on any atom is 0.416 e. The normalized spacial score (nSPS) is 15.9. The van der Waals surface area contributed by atoms with Crippen molar-refractivity contribution in [3.8, 4) is 0 Å². The van der Waals surface area contributed by atoms with Crippen LogP contribution in [0.4, 0.5) is 18.9 Å². The first-order valence-corrected chi connectivity index (χ1v) is 11.5. The number of alkyl halides is 3. The molecular weight excluding hydrogens is 431 g/mol. The van der Waals surface area contributed by atoms with Gasteiger partial charge in [-0.1, -0.05) is 18.0 Å². The Morgan fingerprint density at radius 3 is 2.48 bits per heavy atom. The summed E-state index contributed by atoms with van der Waals surface area (Å²) in [6.07, 6.45) is 0.398. The number of carbonyl (C=O) groups excluding carboxylic acids is 1. The molecule has 2 rings (SSSR count). The topological polar surface area (TPSA) is 69.7 Å². The Kier molecular flexibility index (Phi) is 8.18. The Hall–Kier alpha value is -1.52. The smallest absolute Gasteiger partial charge is 0.354 e. The zero-order valence-electron chi connectivity index (χ0n) is 16.1. The molecular formula is C18H25ClF3N3O3S. The average Bonchev–Trinajstić information content (AvgIpc) is 2.63. The van der Waals surface area contributed by atoms with Gasteiger partial charge in [0, 0.05) is 6.54 Å². The summed E-state index contributed by atoms with van der Waals surface area (Å²) < 4.78 is 63.8. The zero-order chi connectivity index (χ0) is 21.7. The fourth-order valence-electron chi connectivity index (χ4n) is 3.16. The lowest BCUT2D eigenvalue weighted by atomic mass is 10.1. The molecule has 1 heterocycles. The van der Waals surface area contributed by atoms with Crippen molar-refractivity contribution in [2.45, 2.75) is 31.9 Å².